The molecule has 6 nitrogen and oxygen atoms in total. The molecule has 1 amide bonds. The number of hydrogen-bond donors (Lipinski definition) is 1. The predicted octanol–water partition coefficient (Wildman–Crippen LogP) is 1.39. The molecule has 1 atom stereocenters. The van der Waals surface area contributed by atoms with E-state index in [0.717, 1.165) is 36.5 Å². The number of rotatable bonds is 4. The van der Waals surface area contributed by atoms with E-state index in [-0.39, 0.29) is 11.8 Å². The van der Waals surface area contributed by atoms with E-state index in [1.165, 1.54) is 0 Å². The highest BCUT2D eigenvalue weighted by Gasteiger charge is 2.36. The predicted molar refractivity (Wildman–Crippen MR) is 79.9 cm³/mol. The third-order valence-electron chi connectivity index (χ3n) is 4.41. The molecule has 22 heavy (non-hydrogen) atoms. The van der Waals surface area contributed by atoms with Crippen LogP contribution in [0.25, 0.3) is 0 Å². The molecule has 116 valence electrons. The van der Waals surface area contributed by atoms with E-state index in [1.54, 1.807) is 12.6 Å². The van der Waals surface area contributed by atoms with Crippen molar-refractivity contribution < 1.29 is 9.21 Å². The number of carbonyl (C=O) groups excluding carboxylic acids is 1. The highest BCUT2D eigenvalue weighted by atomic mass is 16.3. The molecule has 2 aromatic rings. The Hall–Kier alpha value is -2.08. The number of furan rings is 1. The Balaban J connectivity index is 1.57. The number of aryl methyl sites for hydroxylation is 1. The van der Waals surface area contributed by atoms with Crippen molar-refractivity contribution in [1.29, 1.82) is 0 Å². The number of fused-ring (bicyclic) bond motifs is 1. The molecule has 3 heterocycles. The fourth-order valence-corrected chi connectivity index (χ4v) is 3.16. The number of hydrogen-bond acceptors (Lipinski definition) is 4. The van der Waals surface area contributed by atoms with Gasteiger partial charge in [0.05, 0.1) is 36.4 Å². The Labute approximate surface area is 129 Å². The van der Waals surface area contributed by atoms with E-state index in [1.807, 2.05) is 23.7 Å². The third-order valence-corrected chi connectivity index (χ3v) is 4.41. The minimum atomic E-state index is -0.160. The Kier molecular flexibility index (Phi) is 3.26. The normalized spacial score (nSPS) is 21.6. The topological polar surface area (TPSA) is 63.3 Å². The zero-order valence-corrected chi connectivity index (χ0v) is 12.7. The Morgan fingerprint density at radius 1 is 1.50 bits per heavy atom. The number of aromatic nitrogens is 2. The summed E-state index contributed by atoms with van der Waals surface area (Å²) in [7, 11) is 1.96. The lowest BCUT2D eigenvalue weighted by Gasteiger charge is -2.31. The van der Waals surface area contributed by atoms with Crippen molar-refractivity contribution in [1.82, 2.24) is 19.8 Å². The van der Waals surface area contributed by atoms with Gasteiger partial charge < -0.3 is 14.3 Å². The molecule has 1 aliphatic carbocycles. The van der Waals surface area contributed by atoms with Crippen LogP contribution in [-0.4, -0.2) is 32.9 Å². The average molecular weight is 300 g/mol. The molecule has 1 fully saturated rings. The summed E-state index contributed by atoms with van der Waals surface area (Å²) in [6.07, 6.45) is 5.70. The fraction of sp³-hybridized carbons (Fsp3) is 0.500. The van der Waals surface area contributed by atoms with Gasteiger partial charge in [-0.1, -0.05) is 0 Å². The molecule has 1 N–H and O–H groups in total. The molecule has 0 bridgehead atoms. The Morgan fingerprint density at radius 2 is 2.36 bits per heavy atom. The van der Waals surface area contributed by atoms with Crippen LogP contribution in [0.15, 0.2) is 29.1 Å². The maximum Gasteiger partial charge on any atom is 0.230 e. The van der Waals surface area contributed by atoms with Crippen molar-refractivity contribution >= 4 is 5.91 Å². The summed E-state index contributed by atoms with van der Waals surface area (Å²) in [5.74, 6) is 0.879. The van der Waals surface area contributed by atoms with Gasteiger partial charge in [0, 0.05) is 26.2 Å². The molecule has 0 radical (unpaired) electrons. The van der Waals surface area contributed by atoms with Crippen molar-refractivity contribution in [3.63, 3.8) is 0 Å². The number of nitrogens with one attached hydrogen (secondary N) is 1. The molecular formula is C16H20N4O2. The number of carbonyl (C=O) groups is 1. The van der Waals surface area contributed by atoms with Gasteiger partial charge in [-0.05, 0) is 25.0 Å². The van der Waals surface area contributed by atoms with Gasteiger partial charge in [0.15, 0.2) is 0 Å². The zero-order chi connectivity index (χ0) is 15.1. The summed E-state index contributed by atoms with van der Waals surface area (Å²) in [5.41, 5.74) is 2.05. The first kappa shape index (κ1) is 13.6. The smallest absolute Gasteiger partial charge is 0.230 e. The van der Waals surface area contributed by atoms with Crippen molar-refractivity contribution in [3.05, 3.63) is 41.9 Å². The van der Waals surface area contributed by atoms with Gasteiger partial charge in [0.25, 0.3) is 0 Å². The second-order valence-electron chi connectivity index (χ2n) is 6.27. The van der Waals surface area contributed by atoms with Crippen molar-refractivity contribution in [3.8, 4) is 0 Å². The van der Waals surface area contributed by atoms with Crippen molar-refractivity contribution in [2.45, 2.75) is 37.9 Å². The zero-order valence-electron chi connectivity index (χ0n) is 12.7. The van der Waals surface area contributed by atoms with Crippen LogP contribution in [0.5, 0.6) is 0 Å². The second kappa shape index (κ2) is 5.28. The molecule has 4 rings (SSSR count). The summed E-state index contributed by atoms with van der Waals surface area (Å²) in [6, 6.07) is 4.24. The molecule has 1 saturated carbocycles. The monoisotopic (exact) mass is 300 g/mol. The van der Waals surface area contributed by atoms with Crippen molar-refractivity contribution in [2.75, 3.05) is 6.54 Å². The van der Waals surface area contributed by atoms with Gasteiger partial charge in [-0.3, -0.25) is 9.69 Å². The Morgan fingerprint density at radius 3 is 3.09 bits per heavy atom. The summed E-state index contributed by atoms with van der Waals surface area (Å²) >= 11 is 0. The quantitative estimate of drug-likeness (QED) is 0.927. The molecule has 6 heteroatoms. The lowest BCUT2D eigenvalue weighted by molar-refractivity contribution is -0.123. The second-order valence-corrected chi connectivity index (χ2v) is 6.27. The van der Waals surface area contributed by atoms with E-state index in [0.29, 0.717) is 19.1 Å². The van der Waals surface area contributed by atoms with Crippen molar-refractivity contribution in [2.24, 2.45) is 7.05 Å². The van der Waals surface area contributed by atoms with Crippen LogP contribution in [0.3, 0.4) is 0 Å². The SMILES string of the molecule is Cn1cnc2c1[C@@H](C(=O)NC1CC1)CN(Cc1ccco1)C2. The molecule has 2 aliphatic rings. The van der Waals surface area contributed by atoms with Gasteiger partial charge in [-0.25, -0.2) is 4.98 Å². The first-order valence-corrected chi connectivity index (χ1v) is 7.76. The lowest BCUT2D eigenvalue weighted by atomic mass is 9.97. The van der Waals surface area contributed by atoms with Gasteiger partial charge in [0.1, 0.15) is 5.76 Å². The van der Waals surface area contributed by atoms with Crippen LogP contribution in [0.1, 0.15) is 35.9 Å². The van der Waals surface area contributed by atoms with Crippen LogP contribution >= 0.6 is 0 Å². The number of amides is 1. The largest absolute Gasteiger partial charge is 0.468 e. The first-order chi connectivity index (χ1) is 10.7. The summed E-state index contributed by atoms with van der Waals surface area (Å²) in [5, 5.41) is 3.13. The van der Waals surface area contributed by atoms with Gasteiger partial charge in [-0.15, -0.1) is 0 Å². The molecule has 2 aromatic heterocycles. The third kappa shape index (κ3) is 2.54. The standard InChI is InChI=1S/C16H20N4O2/c1-19-10-17-14-9-20(7-12-3-2-6-22-12)8-13(15(14)19)16(21)18-11-4-5-11/h2-3,6,10-11,13H,4-5,7-9H2,1H3,(H,18,21)/t13-/m0/s1. The van der Waals surface area contributed by atoms with Gasteiger partial charge in [-0.2, -0.15) is 0 Å². The van der Waals surface area contributed by atoms with Gasteiger partial charge >= 0.3 is 0 Å². The fourth-order valence-electron chi connectivity index (χ4n) is 3.16. The van der Waals surface area contributed by atoms with Crippen LogP contribution < -0.4 is 5.32 Å². The van der Waals surface area contributed by atoms with E-state index in [2.05, 4.69) is 15.2 Å². The molecule has 0 aromatic carbocycles. The highest BCUT2D eigenvalue weighted by molar-refractivity contribution is 5.84. The van der Waals surface area contributed by atoms with Crippen LogP contribution in [0, 0.1) is 0 Å². The summed E-state index contributed by atoms with van der Waals surface area (Å²) in [4.78, 5) is 19.3. The van der Waals surface area contributed by atoms with E-state index in [4.69, 9.17) is 4.42 Å². The van der Waals surface area contributed by atoms with E-state index < -0.39 is 0 Å². The van der Waals surface area contributed by atoms with Crippen LogP contribution in [0.4, 0.5) is 0 Å². The van der Waals surface area contributed by atoms with Gasteiger partial charge in [0.2, 0.25) is 5.91 Å². The minimum Gasteiger partial charge on any atom is -0.468 e. The lowest BCUT2D eigenvalue weighted by Crippen LogP contribution is -2.42. The summed E-state index contributed by atoms with van der Waals surface area (Å²) in [6.45, 7) is 2.16. The minimum absolute atomic E-state index is 0.122. The Bertz CT molecular complexity index is 672. The molecule has 0 saturated heterocycles. The maximum atomic E-state index is 12.6. The maximum absolute atomic E-state index is 12.6. The first-order valence-electron chi connectivity index (χ1n) is 7.76. The highest BCUT2D eigenvalue weighted by Crippen LogP contribution is 2.30. The molecule has 0 spiro atoms. The summed E-state index contributed by atoms with van der Waals surface area (Å²) < 4.78 is 7.41. The number of nitrogens with zero attached hydrogens (tertiary/aromatic N) is 3. The molecular weight excluding hydrogens is 280 g/mol. The van der Waals surface area contributed by atoms with Crippen LogP contribution in [0.2, 0.25) is 0 Å². The van der Waals surface area contributed by atoms with E-state index >= 15 is 0 Å². The van der Waals surface area contributed by atoms with Crippen LogP contribution in [-0.2, 0) is 24.9 Å². The van der Waals surface area contributed by atoms with E-state index in [9.17, 15) is 4.79 Å². The average Bonchev–Trinajstić information content (AvgIpc) is 3.02. The number of imidazole rings is 1. The molecule has 1 aliphatic heterocycles. The molecule has 0 unspecified atom stereocenters.